The van der Waals surface area contributed by atoms with Gasteiger partial charge in [0, 0.05) is 10.0 Å². The lowest BCUT2D eigenvalue weighted by Gasteiger charge is -2.09. The highest BCUT2D eigenvalue weighted by molar-refractivity contribution is 9.10. The number of fused-ring (bicyclic) bond motifs is 1. The zero-order valence-corrected chi connectivity index (χ0v) is 16.1. The standard InChI is InChI=1S/C19H13BrFN3OS/c1-11-22-17-18(26-11)16(13-4-8-15(21)9-5-13)23-24(19(17)25)10-12-2-6-14(20)7-3-12/h2-9H,10H2,1H3. The molecule has 0 bridgehead atoms. The van der Waals surface area contributed by atoms with E-state index in [-0.39, 0.29) is 11.4 Å². The average Bonchev–Trinajstić information content (AvgIpc) is 3.02. The van der Waals surface area contributed by atoms with Crippen LogP contribution in [0.2, 0.25) is 0 Å². The number of aryl methyl sites for hydroxylation is 1. The first-order valence-corrected chi connectivity index (χ1v) is 9.51. The van der Waals surface area contributed by atoms with Gasteiger partial charge in [-0.25, -0.2) is 14.1 Å². The lowest BCUT2D eigenvalue weighted by atomic mass is 10.1. The van der Waals surface area contributed by atoms with Crippen LogP contribution in [-0.4, -0.2) is 14.8 Å². The molecule has 4 aromatic rings. The van der Waals surface area contributed by atoms with Crippen LogP contribution in [0.15, 0.2) is 57.8 Å². The Kier molecular flexibility index (Phi) is 4.42. The molecule has 0 aliphatic rings. The number of aromatic nitrogens is 3. The summed E-state index contributed by atoms with van der Waals surface area (Å²) in [5, 5.41) is 5.37. The number of hydrogen-bond acceptors (Lipinski definition) is 4. The van der Waals surface area contributed by atoms with Gasteiger partial charge in [-0.2, -0.15) is 5.10 Å². The van der Waals surface area contributed by atoms with Crippen LogP contribution in [0.4, 0.5) is 4.39 Å². The van der Waals surface area contributed by atoms with Crippen molar-refractivity contribution in [2.24, 2.45) is 0 Å². The predicted octanol–water partition coefficient (Wildman–Crippen LogP) is 4.78. The largest absolute Gasteiger partial charge is 0.294 e. The highest BCUT2D eigenvalue weighted by atomic mass is 79.9. The predicted molar refractivity (Wildman–Crippen MR) is 105 cm³/mol. The molecule has 0 atom stereocenters. The van der Waals surface area contributed by atoms with E-state index in [1.54, 1.807) is 12.1 Å². The van der Waals surface area contributed by atoms with Crippen LogP contribution < -0.4 is 5.56 Å². The third kappa shape index (κ3) is 3.20. The van der Waals surface area contributed by atoms with E-state index >= 15 is 0 Å². The first-order chi connectivity index (χ1) is 12.5. The van der Waals surface area contributed by atoms with E-state index in [0.717, 1.165) is 25.3 Å². The van der Waals surface area contributed by atoms with Gasteiger partial charge in [-0.05, 0) is 48.9 Å². The molecule has 0 aliphatic heterocycles. The van der Waals surface area contributed by atoms with E-state index in [9.17, 15) is 9.18 Å². The van der Waals surface area contributed by atoms with Crippen molar-refractivity contribution in [1.29, 1.82) is 0 Å². The molecule has 0 aliphatic carbocycles. The Morgan fingerprint density at radius 1 is 1.12 bits per heavy atom. The SMILES string of the molecule is Cc1nc2c(=O)n(Cc3ccc(Br)cc3)nc(-c3ccc(F)cc3)c2s1. The van der Waals surface area contributed by atoms with Gasteiger partial charge in [-0.15, -0.1) is 11.3 Å². The average molecular weight is 430 g/mol. The van der Waals surface area contributed by atoms with Gasteiger partial charge < -0.3 is 0 Å². The highest BCUT2D eigenvalue weighted by Gasteiger charge is 2.16. The first kappa shape index (κ1) is 17.1. The fourth-order valence-corrected chi connectivity index (χ4v) is 3.91. The summed E-state index contributed by atoms with van der Waals surface area (Å²) in [4.78, 5) is 17.2. The van der Waals surface area contributed by atoms with Gasteiger partial charge in [0.2, 0.25) is 0 Å². The van der Waals surface area contributed by atoms with Crippen LogP contribution >= 0.6 is 27.3 Å². The molecular weight excluding hydrogens is 417 g/mol. The number of benzene rings is 2. The third-order valence-electron chi connectivity index (χ3n) is 3.97. The second kappa shape index (κ2) is 6.74. The Labute approximate surface area is 161 Å². The van der Waals surface area contributed by atoms with E-state index in [1.807, 2.05) is 31.2 Å². The summed E-state index contributed by atoms with van der Waals surface area (Å²) in [6.45, 7) is 2.20. The normalized spacial score (nSPS) is 11.2. The molecule has 7 heteroatoms. The topological polar surface area (TPSA) is 47.8 Å². The molecule has 0 saturated carbocycles. The molecule has 0 saturated heterocycles. The van der Waals surface area contributed by atoms with Crippen molar-refractivity contribution < 1.29 is 4.39 Å². The quantitative estimate of drug-likeness (QED) is 0.470. The minimum atomic E-state index is -0.311. The number of nitrogens with zero attached hydrogens (tertiary/aromatic N) is 3. The molecule has 0 fully saturated rings. The molecule has 0 amide bonds. The third-order valence-corrected chi connectivity index (χ3v) is 5.48. The lowest BCUT2D eigenvalue weighted by Crippen LogP contribution is -2.24. The zero-order valence-electron chi connectivity index (χ0n) is 13.7. The van der Waals surface area contributed by atoms with Crippen LogP contribution in [0.1, 0.15) is 10.6 Å². The second-order valence-corrected chi connectivity index (χ2v) is 7.97. The molecule has 0 unspecified atom stereocenters. The monoisotopic (exact) mass is 429 g/mol. The zero-order chi connectivity index (χ0) is 18.3. The van der Waals surface area contributed by atoms with Gasteiger partial charge >= 0.3 is 0 Å². The Balaban J connectivity index is 1.90. The summed E-state index contributed by atoms with van der Waals surface area (Å²) in [7, 11) is 0. The molecule has 4 nitrogen and oxygen atoms in total. The van der Waals surface area contributed by atoms with Gasteiger partial charge in [-0.3, -0.25) is 4.79 Å². The van der Waals surface area contributed by atoms with Crippen molar-refractivity contribution in [2.75, 3.05) is 0 Å². The molecule has 2 aromatic heterocycles. The van der Waals surface area contributed by atoms with Gasteiger partial charge in [0.25, 0.3) is 5.56 Å². The molecule has 130 valence electrons. The molecule has 0 radical (unpaired) electrons. The molecule has 0 spiro atoms. The van der Waals surface area contributed by atoms with Gasteiger partial charge in [0.05, 0.1) is 16.3 Å². The maximum absolute atomic E-state index is 13.3. The summed E-state index contributed by atoms with van der Waals surface area (Å²) in [5.41, 5.74) is 2.53. The van der Waals surface area contributed by atoms with E-state index in [0.29, 0.717) is 17.8 Å². The van der Waals surface area contributed by atoms with Crippen molar-refractivity contribution in [1.82, 2.24) is 14.8 Å². The first-order valence-electron chi connectivity index (χ1n) is 7.90. The van der Waals surface area contributed by atoms with Crippen LogP contribution in [0.5, 0.6) is 0 Å². The summed E-state index contributed by atoms with van der Waals surface area (Å²) < 4.78 is 16.4. The van der Waals surface area contributed by atoms with Crippen LogP contribution in [0.25, 0.3) is 21.5 Å². The molecule has 0 N–H and O–H groups in total. The van der Waals surface area contributed by atoms with Crippen LogP contribution in [0.3, 0.4) is 0 Å². The summed E-state index contributed by atoms with van der Waals surface area (Å²) in [6.07, 6.45) is 0. The summed E-state index contributed by atoms with van der Waals surface area (Å²) in [6, 6.07) is 13.8. The molecular formula is C19H13BrFN3OS. The lowest BCUT2D eigenvalue weighted by molar-refractivity contribution is 0.627. The van der Waals surface area contributed by atoms with E-state index in [4.69, 9.17) is 0 Å². The van der Waals surface area contributed by atoms with Crippen molar-refractivity contribution in [3.63, 3.8) is 0 Å². The number of halogens is 2. The smallest absolute Gasteiger partial charge is 0.265 e. The van der Waals surface area contributed by atoms with Crippen molar-refractivity contribution in [3.8, 4) is 11.3 Å². The molecule has 26 heavy (non-hydrogen) atoms. The molecule has 2 aromatic carbocycles. The highest BCUT2D eigenvalue weighted by Crippen LogP contribution is 2.29. The number of rotatable bonds is 3. The Bertz CT molecular complexity index is 1150. The fourth-order valence-electron chi connectivity index (χ4n) is 2.73. The van der Waals surface area contributed by atoms with Gasteiger partial charge in [-0.1, -0.05) is 28.1 Å². The number of thiazole rings is 1. The van der Waals surface area contributed by atoms with Crippen LogP contribution in [0, 0.1) is 12.7 Å². The second-order valence-electron chi connectivity index (χ2n) is 5.86. The van der Waals surface area contributed by atoms with Crippen molar-refractivity contribution >= 4 is 37.5 Å². The molecule has 4 rings (SSSR count). The van der Waals surface area contributed by atoms with Crippen molar-refractivity contribution in [2.45, 2.75) is 13.5 Å². The van der Waals surface area contributed by atoms with E-state index in [2.05, 4.69) is 26.0 Å². The Morgan fingerprint density at radius 3 is 2.50 bits per heavy atom. The van der Waals surface area contributed by atoms with Crippen LogP contribution in [-0.2, 0) is 6.54 Å². The van der Waals surface area contributed by atoms with E-state index < -0.39 is 0 Å². The summed E-state index contributed by atoms with van der Waals surface area (Å²) >= 11 is 4.83. The Hall–Kier alpha value is -2.38. The van der Waals surface area contributed by atoms with Crippen molar-refractivity contribution in [3.05, 3.63) is 79.7 Å². The minimum absolute atomic E-state index is 0.224. The maximum Gasteiger partial charge on any atom is 0.294 e. The fraction of sp³-hybridized carbons (Fsp3) is 0.105. The summed E-state index contributed by atoms with van der Waals surface area (Å²) in [5.74, 6) is -0.311. The minimum Gasteiger partial charge on any atom is -0.265 e. The molecule has 2 heterocycles. The van der Waals surface area contributed by atoms with Gasteiger partial charge in [0.1, 0.15) is 11.5 Å². The Morgan fingerprint density at radius 2 is 1.81 bits per heavy atom. The van der Waals surface area contributed by atoms with Gasteiger partial charge in [0.15, 0.2) is 5.52 Å². The maximum atomic E-state index is 13.3. The van der Waals surface area contributed by atoms with E-state index in [1.165, 1.54) is 28.2 Å². The number of hydrogen-bond donors (Lipinski definition) is 0.